The summed E-state index contributed by atoms with van der Waals surface area (Å²) >= 11 is 0. The number of carbonyl (C=O) groups excluding carboxylic acids is 1. The number of rotatable bonds is 4. The fourth-order valence-electron chi connectivity index (χ4n) is 1.33. The highest BCUT2D eigenvalue weighted by Gasteiger charge is 2.27. The third kappa shape index (κ3) is 3.60. The van der Waals surface area contributed by atoms with E-state index in [4.69, 9.17) is 5.11 Å². The molecule has 1 aliphatic heterocycles. The zero-order valence-electron chi connectivity index (χ0n) is 7.93. The van der Waals surface area contributed by atoms with E-state index in [0.29, 0.717) is 13.1 Å². The van der Waals surface area contributed by atoms with Crippen LogP contribution in [-0.2, 0) is 14.8 Å². The lowest BCUT2D eigenvalue weighted by molar-refractivity contribution is -0.127. The number of nitrogens with zero attached hydrogens (tertiary/aromatic N) is 1. The van der Waals surface area contributed by atoms with Gasteiger partial charge in [-0.3, -0.25) is 4.79 Å². The minimum Gasteiger partial charge on any atom is -0.391 e. The van der Waals surface area contributed by atoms with Crippen molar-refractivity contribution < 1.29 is 18.3 Å². The summed E-state index contributed by atoms with van der Waals surface area (Å²) < 4.78 is 23.7. The highest BCUT2D eigenvalue weighted by Crippen LogP contribution is 2.09. The maximum absolute atomic E-state index is 11.1. The van der Waals surface area contributed by atoms with Crippen LogP contribution >= 0.6 is 0 Å². The Morgan fingerprint density at radius 3 is 2.71 bits per heavy atom. The first kappa shape index (κ1) is 11.4. The Kier molecular flexibility index (Phi) is 3.46. The van der Waals surface area contributed by atoms with E-state index in [0.717, 1.165) is 6.26 Å². The number of aliphatic hydroxyl groups is 1. The SMILES string of the molecule is CS(=O)(=O)NCCN1CC(O)CC1=O. The molecular weight excluding hydrogens is 208 g/mol. The fourth-order valence-corrected chi connectivity index (χ4v) is 1.80. The summed E-state index contributed by atoms with van der Waals surface area (Å²) in [5, 5.41) is 9.13. The van der Waals surface area contributed by atoms with E-state index in [1.165, 1.54) is 4.90 Å². The number of hydrogen-bond donors (Lipinski definition) is 2. The molecule has 6 nitrogen and oxygen atoms in total. The van der Waals surface area contributed by atoms with Crippen molar-refractivity contribution >= 4 is 15.9 Å². The average molecular weight is 222 g/mol. The van der Waals surface area contributed by atoms with Gasteiger partial charge in [0.25, 0.3) is 0 Å². The molecule has 2 N–H and O–H groups in total. The van der Waals surface area contributed by atoms with E-state index in [9.17, 15) is 13.2 Å². The first-order valence-corrected chi connectivity index (χ1v) is 6.18. The van der Waals surface area contributed by atoms with Crippen molar-refractivity contribution in [2.75, 3.05) is 25.9 Å². The van der Waals surface area contributed by atoms with Gasteiger partial charge in [0.15, 0.2) is 0 Å². The standard InChI is InChI=1S/C7H14N2O4S/c1-14(12,13)8-2-3-9-5-6(10)4-7(9)11/h6,8,10H,2-5H2,1H3. The fraction of sp³-hybridized carbons (Fsp3) is 0.857. The van der Waals surface area contributed by atoms with E-state index in [1.807, 2.05) is 0 Å². The van der Waals surface area contributed by atoms with Gasteiger partial charge in [-0.05, 0) is 0 Å². The molecule has 0 radical (unpaired) electrons. The third-order valence-corrected chi connectivity index (χ3v) is 2.67. The van der Waals surface area contributed by atoms with Crippen LogP contribution in [-0.4, -0.2) is 56.3 Å². The van der Waals surface area contributed by atoms with E-state index in [1.54, 1.807) is 0 Å². The van der Waals surface area contributed by atoms with Crippen molar-refractivity contribution in [2.45, 2.75) is 12.5 Å². The number of hydrogen-bond acceptors (Lipinski definition) is 4. The van der Waals surface area contributed by atoms with Crippen molar-refractivity contribution in [3.05, 3.63) is 0 Å². The van der Waals surface area contributed by atoms with Gasteiger partial charge in [0.05, 0.1) is 18.8 Å². The van der Waals surface area contributed by atoms with Gasteiger partial charge in [-0.1, -0.05) is 0 Å². The summed E-state index contributed by atoms with van der Waals surface area (Å²) in [7, 11) is -3.20. The van der Waals surface area contributed by atoms with Crippen LogP contribution < -0.4 is 4.72 Å². The van der Waals surface area contributed by atoms with Crippen LogP contribution in [0.25, 0.3) is 0 Å². The van der Waals surface area contributed by atoms with Gasteiger partial charge >= 0.3 is 0 Å². The number of carbonyl (C=O) groups is 1. The van der Waals surface area contributed by atoms with E-state index in [2.05, 4.69) is 4.72 Å². The molecule has 1 fully saturated rings. The molecule has 0 aromatic heterocycles. The van der Waals surface area contributed by atoms with E-state index in [-0.39, 0.29) is 18.9 Å². The summed E-state index contributed by atoms with van der Waals surface area (Å²) in [5.74, 6) is -0.132. The quantitative estimate of drug-likeness (QED) is 0.583. The molecule has 1 heterocycles. The summed E-state index contributed by atoms with van der Waals surface area (Å²) in [4.78, 5) is 12.6. The molecule has 82 valence electrons. The van der Waals surface area contributed by atoms with Gasteiger partial charge in [0.1, 0.15) is 0 Å². The largest absolute Gasteiger partial charge is 0.391 e. The van der Waals surface area contributed by atoms with Gasteiger partial charge < -0.3 is 10.0 Å². The predicted molar refractivity (Wildman–Crippen MR) is 50.1 cm³/mol. The lowest BCUT2D eigenvalue weighted by atomic mass is 10.3. The summed E-state index contributed by atoms with van der Waals surface area (Å²) in [5.41, 5.74) is 0. The minimum absolute atomic E-state index is 0.132. The van der Waals surface area contributed by atoms with Crippen molar-refractivity contribution in [1.82, 2.24) is 9.62 Å². The van der Waals surface area contributed by atoms with Crippen LogP contribution in [0.1, 0.15) is 6.42 Å². The zero-order valence-corrected chi connectivity index (χ0v) is 8.75. The maximum Gasteiger partial charge on any atom is 0.225 e. The molecule has 1 unspecified atom stereocenters. The Morgan fingerprint density at radius 1 is 1.64 bits per heavy atom. The smallest absolute Gasteiger partial charge is 0.225 e. The molecule has 1 atom stereocenters. The van der Waals surface area contributed by atoms with Gasteiger partial charge in [-0.25, -0.2) is 13.1 Å². The highest BCUT2D eigenvalue weighted by molar-refractivity contribution is 7.88. The average Bonchev–Trinajstić information content (AvgIpc) is 2.27. The topological polar surface area (TPSA) is 86.7 Å². The Labute approximate surface area is 82.9 Å². The Balaban J connectivity index is 2.29. The second-order valence-corrected chi connectivity index (χ2v) is 5.20. The Hall–Kier alpha value is -0.660. The number of amides is 1. The first-order chi connectivity index (χ1) is 6.38. The Bertz CT molecular complexity index is 314. The molecule has 14 heavy (non-hydrogen) atoms. The number of β-amino-alcohol motifs (C(OH)–C–C–N with tert-alkyl or cyclic N) is 1. The van der Waals surface area contributed by atoms with Crippen LogP contribution in [0.3, 0.4) is 0 Å². The lowest BCUT2D eigenvalue weighted by Crippen LogP contribution is -2.35. The molecule has 0 aromatic carbocycles. The van der Waals surface area contributed by atoms with Gasteiger partial charge in [0.2, 0.25) is 15.9 Å². The molecule has 1 saturated heterocycles. The van der Waals surface area contributed by atoms with Crippen LogP contribution in [0.4, 0.5) is 0 Å². The molecule has 7 heteroatoms. The minimum atomic E-state index is -3.20. The second kappa shape index (κ2) is 4.24. The summed E-state index contributed by atoms with van der Waals surface area (Å²) in [6.45, 7) is 0.796. The van der Waals surface area contributed by atoms with E-state index >= 15 is 0 Å². The number of aliphatic hydroxyl groups excluding tert-OH is 1. The van der Waals surface area contributed by atoms with E-state index < -0.39 is 16.1 Å². The first-order valence-electron chi connectivity index (χ1n) is 4.29. The van der Waals surface area contributed by atoms with Crippen LogP contribution in [0.15, 0.2) is 0 Å². The zero-order chi connectivity index (χ0) is 10.8. The predicted octanol–water partition coefficient (Wildman–Crippen LogP) is -1.87. The molecule has 1 rings (SSSR count). The molecule has 1 aliphatic rings. The van der Waals surface area contributed by atoms with Crippen molar-refractivity contribution in [3.63, 3.8) is 0 Å². The molecule has 1 amide bonds. The molecular formula is C7H14N2O4S. The normalized spacial score (nSPS) is 23.1. The maximum atomic E-state index is 11.1. The highest BCUT2D eigenvalue weighted by atomic mass is 32.2. The van der Waals surface area contributed by atoms with Crippen molar-refractivity contribution in [2.24, 2.45) is 0 Å². The molecule has 0 spiro atoms. The molecule has 0 saturated carbocycles. The Morgan fingerprint density at radius 2 is 2.29 bits per heavy atom. The monoisotopic (exact) mass is 222 g/mol. The molecule has 0 aromatic rings. The molecule has 0 bridgehead atoms. The number of nitrogens with one attached hydrogen (secondary N) is 1. The van der Waals surface area contributed by atoms with Gasteiger partial charge in [-0.15, -0.1) is 0 Å². The van der Waals surface area contributed by atoms with Gasteiger partial charge in [0, 0.05) is 19.6 Å². The van der Waals surface area contributed by atoms with Crippen molar-refractivity contribution in [3.8, 4) is 0 Å². The number of likely N-dealkylation sites (tertiary alicyclic amines) is 1. The van der Waals surface area contributed by atoms with Crippen LogP contribution in [0.2, 0.25) is 0 Å². The lowest BCUT2D eigenvalue weighted by Gasteiger charge is -2.15. The summed E-state index contributed by atoms with van der Waals surface area (Å²) in [6.07, 6.45) is 0.590. The van der Waals surface area contributed by atoms with Gasteiger partial charge in [-0.2, -0.15) is 0 Å². The number of sulfonamides is 1. The third-order valence-electron chi connectivity index (χ3n) is 1.94. The molecule has 0 aliphatic carbocycles. The van der Waals surface area contributed by atoms with Crippen molar-refractivity contribution in [1.29, 1.82) is 0 Å². The van der Waals surface area contributed by atoms with Crippen LogP contribution in [0.5, 0.6) is 0 Å². The van der Waals surface area contributed by atoms with Crippen LogP contribution in [0, 0.1) is 0 Å². The second-order valence-electron chi connectivity index (χ2n) is 3.36. The summed E-state index contributed by atoms with van der Waals surface area (Å²) in [6, 6.07) is 0.